The molecule has 2 amide bonds. The molecule has 170 valence electrons. The lowest BCUT2D eigenvalue weighted by molar-refractivity contribution is 0.0945. The molecule has 0 spiro atoms. The zero-order valence-electron chi connectivity index (χ0n) is 18.5. The van der Waals surface area contributed by atoms with Gasteiger partial charge in [0.15, 0.2) is 0 Å². The van der Waals surface area contributed by atoms with Crippen LogP contribution in [0.4, 0.5) is 5.69 Å². The Morgan fingerprint density at radius 1 is 1.00 bits per heavy atom. The van der Waals surface area contributed by atoms with Gasteiger partial charge in [-0.1, -0.05) is 12.1 Å². The molecule has 5 aromatic rings. The lowest BCUT2D eigenvalue weighted by Gasteiger charge is -2.05. The van der Waals surface area contributed by atoms with Crippen molar-refractivity contribution in [2.24, 2.45) is 0 Å². The highest BCUT2D eigenvalue weighted by Gasteiger charge is 2.16. The summed E-state index contributed by atoms with van der Waals surface area (Å²) in [4.78, 5) is 33.9. The molecule has 0 aliphatic heterocycles. The topological polar surface area (TPSA) is 115 Å². The van der Waals surface area contributed by atoms with Crippen LogP contribution >= 0.6 is 0 Å². The van der Waals surface area contributed by atoms with Crippen molar-refractivity contribution in [1.82, 2.24) is 19.7 Å². The van der Waals surface area contributed by atoms with E-state index in [0.29, 0.717) is 51.3 Å². The predicted octanol–water partition coefficient (Wildman–Crippen LogP) is 4.38. The number of carbonyl (C=O) groups excluding carboxylic acids is 2. The summed E-state index contributed by atoms with van der Waals surface area (Å²) in [6.45, 7) is 3.71. The van der Waals surface area contributed by atoms with Gasteiger partial charge >= 0.3 is 0 Å². The van der Waals surface area contributed by atoms with E-state index in [9.17, 15) is 9.59 Å². The number of hydrogen-bond donors (Lipinski definition) is 2. The van der Waals surface area contributed by atoms with E-state index in [1.54, 1.807) is 48.7 Å². The number of nitrogens with one attached hydrogen (secondary N) is 2. The highest BCUT2D eigenvalue weighted by molar-refractivity contribution is 6.05. The maximum atomic E-state index is 12.6. The molecular formula is C25H21N5O4. The summed E-state index contributed by atoms with van der Waals surface area (Å²) in [5.74, 6) is 0.973. The fourth-order valence-corrected chi connectivity index (χ4v) is 3.56. The molecular weight excluding hydrogens is 434 g/mol. The Bertz CT molecular complexity index is 1480. The van der Waals surface area contributed by atoms with Crippen LogP contribution < -0.4 is 10.6 Å². The van der Waals surface area contributed by atoms with Crippen LogP contribution in [-0.4, -0.2) is 26.2 Å². The number of pyridine rings is 1. The van der Waals surface area contributed by atoms with Crippen molar-refractivity contribution in [2.75, 3.05) is 5.32 Å². The molecule has 0 saturated heterocycles. The van der Waals surface area contributed by atoms with Crippen LogP contribution in [0.1, 0.15) is 38.1 Å². The quantitative estimate of drug-likeness (QED) is 0.393. The van der Waals surface area contributed by atoms with Crippen molar-refractivity contribution in [3.05, 3.63) is 95.7 Å². The molecule has 0 aliphatic carbocycles. The summed E-state index contributed by atoms with van der Waals surface area (Å²) >= 11 is 0. The van der Waals surface area contributed by atoms with E-state index in [1.165, 1.54) is 6.26 Å². The second kappa shape index (κ2) is 8.70. The van der Waals surface area contributed by atoms with Gasteiger partial charge in [0, 0.05) is 23.6 Å². The number of nitrogens with zero attached hydrogens (tertiary/aromatic N) is 3. The standard InChI is InChI=1S/C25H21N5O4/c1-15-19(9-11-33-15)23(31)27-18-7-5-6-17(12-18)25-29-20(16(2)34-25)13-26-24(32)21-14-30-10-4-3-8-22(30)28-21/h3-12,14H,13H2,1-2H3,(H,26,32)(H,27,31). The maximum absolute atomic E-state index is 12.6. The smallest absolute Gasteiger partial charge is 0.271 e. The van der Waals surface area contributed by atoms with Crippen molar-refractivity contribution in [1.29, 1.82) is 0 Å². The van der Waals surface area contributed by atoms with Crippen molar-refractivity contribution in [3.63, 3.8) is 0 Å². The number of aryl methyl sites for hydroxylation is 2. The molecule has 2 N–H and O–H groups in total. The molecule has 9 nitrogen and oxygen atoms in total. The number of amides is 2. The first kappa shape index (κ1) is 21.2. The number of furan rings is 1. The second-order valence-electron chi connectivity index (χ2n) is 7.72. The minimum Gasteiger partial charge on any atom is -0.469 e. The van der Waals surface area contributed by atoms with Crippen LogP contribution in [0.15, 0.2) is 76.0 Å². The molecule has 0 fully saturated rings. The highest BCUT2D eigenvalue weighted by atomic mass is 16.4. The van der Waals surface area contributed by atoms with Crippen molar-refractivity contribution < 1.29 is 18.4 Å². The molecule has 0 unspecified atom stereocenters. The Labute approximate surface area is 194 Å². The number of rotatable bonds is 6. The number of imidazole rings is 1. The number of hydrogen-bond acceptors (Lipinski definition) is 6. The zero-order valence-corrected chi connectivity index (χ0v) is 18.5. The summed E-state index contributed by atoms with van der Waals surface area (Å²) in [5, 5.41) is 5.69. The fraction of sp³-hybridized carbons (Fsp3) is 0.120. The van der Waals surface area contributed by atoms with Gasteiger partial charge in [0.2, 0.25) is 5.89 Å². The minimum absolute atomic E-state index is 0.193. The number of aromatic nitrogens is 3. The predicted molar refractivity (Wildman–Crippen MR) is 124 cm³/mol. The number of oxazole rings is 1. The average molecular weight is 455 g/mol. The van der Waals surface area contributed by atoms with Crippen LogP contribution in [0.3, 0.4) is 0 Å². The molecule has 34 heavy (non-hydrogen) atoms. The molecule has 4 aromatic heterocycles. The van der Waals surface area contributed by atoms with Crippen LogP contribution in [-0.2, 0) is 6.54 Å². The van der Waals surface area contributed by atoms with Gasteiger partial charge in [-0.25, -0.2) is 9.97 Å². The summed E-state index contributed by atoms with van der Waals surface area (Å²) in [7, 11) is 0. The SMILES string of the molecule is Cc1occc1C(=O)Nc1cccc(-c2nc(CNC(=O)c3cn4ccccc4n3)c(C)o2)c1. The largest absolute Gasteiger partial charge is 0.469 e. The third-order valence-corrected chi connectivity index (χ3v) is 5.38. The third kappa shape index (κ3) is 4.18. The second-order valence-corrected chi connectivity index (χ2v) is 7.72. The van der Waals surface area contributed by atoms with Crippen LogP contribution in [0.5, 0.6) is 0 Å². The van der Waals surface area contributed by atoms with E-state index in [-0.39, 0.29) is 18.4 Å². The Hall–Kier alpha value is -4.66. The van der Waals surface area contributed by atoms with Crippen LogP contribution in [0, 0.1) is 13.8 Å². The molecule has 0 bridgehead atoms. The molecule has 1 aromatic carbocycles. The van der Waals surface area contributed by atoms with E-state index in [4.69, 9.17) is 8.83 Å². The number of benzene rings is 1. The zero-order chi connectivity index (χ0) is 23.7. The first-order valence-corrected chi connectivity index (χ1v) is 10.6. The van der Waals surface area contributed by atoms with Gasteiger partial charge in [0.25, 0.3) is 11.8 Å². The number of anilines is 1. The third-order valence-electron chi connectivity index (χ3n) is 5.38. The average Bonchev–Trinajstić information content (AvgIpc) is 3.55. The fourth-order valence-electron chi connectivity index (χ4n) is 3.56. The Balaban J connectivity index is 1.28. The molecule has 5 rings (SSSR count). The lowest BCUT2D eigenvalue weighted by atomic mass is 10.2. The molecule has 4 heterocycles. The van der Waals surface area contributed by atoms with E-state index < -0.39 is 0 Å². The first-order valence-electron chi connectivity index (χ1n) is 10.6. The highest BCUT2D eigenvalue weighted by Crippen LogP contribution is 2.25. The lowest BCUT2D eigenvalue weighted by Crippen LogP contribution is -2.23. The summed E-state index contributed by atoms with van der Waals surface area (Å²) < 4.78 is 12.8. The van der Waals surface area contributed by atoms with Gasteiger partial charge in [-0.05, 0) is 50.2 Å². The van der Waals surface area contributed by atoms with Gasteiger partial charge in [-0.2, -0.15) is 0 Å². The minimum atomic E-state index is -0.299. The van der Waals surface area contributed by atoms with Gasteiger partial charge in [0.05, 0.1) is 18.4 Å². The molecule has 0 aliphatic rings. The number of fused-ring (bicyclic) bond motifs is 1. The summed E-state index contributed by atoms with van der Waals surface area (Å²) in [6, 6.07) is 14.4. The summed E-state index contributed by atoms with van der Waals surface area (Å²) in [6.07, 6.45) is 4.99. The maximum Gasteiger partial charge on any atom is 0.271 e. The molecule has 0 atom stereocenters. The van der Waals surface area contributed by atoms with E-state index >= 15 is 0 Å². The first-order chi connectivity index (χ1) is 16.5. The Morgan fingerprint density at radius 3 is 2.68 bits per heavy atom. The van der Waals surface area contributed by atoms with Crippen LogP contribution in [0.25, 0.3) is 17.1 Å². The van der Waals surface area contributed by atoms with Gasteiger partial charge in [-0.3, -0.25) is 9.59 Å². The van der Waals surface area contributed by atoms with Crippen molar-refractivity contribution in [2.45, 2.75) is 20.4 Å². The molecule has 9 heteroatoms. The van der Waals surface area contributed by atoms with E-state index in [0.717, 1.165) is 0 Å². The van der Waals surface area contributed by atoms with Gasteiger partial charge in [0.1, 0.15) is 28.6 Å². The number of carbonyl (C=O) groups is 2. The van der Waals surface area contributed by atoms with E-state index in [2.05, 4.69) is 20.6 Å². The Kier molecular flexibility index (Phi) is 5.43. The van der Waals surface area contributed by atoms with Crippen molar-refractivity contribution in [3.8, 4) is 11.5 Å². The molecule has 0 radical (unpaired) electrons. The van der Waals surface area contributed by atoms with E-state index in [1.807, 2.05) is 30.5 Å². The van der Waals surface area contributed by atoms with Crippen molar-refractivity contribution >= 4 is 23.1 Å². The monoisotopic (exact) mass is 455 g/mol. The normalized spacial score (nSPS) is 11.0. The molecule has 0 saturated carbocycles. The van der Waals surface area contributed by atoms with Crippen LogP contribution in [0.2, 0.25) is 0 Å². The summed E-state index contributed by atoms with van der Waals surface area (Å²) in [5.41, 5.74) is 3.39. The van der Waals surface area contributed by atoms with Gasteiger partial charge < -0.3 is 23.9 Å². The Morgan fingerprint density at radius 2 is 1.88 bits per heavy atom. The van der Waals surface area contributed by atoms with Gasteiger partial charge in [-0.15, -0.1) is 0 Å².